The molecule has 2 aromatic rings. The van der Waals surface area contributed by atoms with Crippen molar-refractivity contribution in [1.82, 2.24) is 14.8 Å². The molecule has 1 aromatic carbocycles. The minimum atomic E-state index is -0.247. The van der Waals surface area contributed by atoms with Gasteiger partial charge in [-0.3, -0.25) is 19.5 Å². The number of imide groups is 1. The van der Waals surface area contributed by atoms with Gasteiger partial charge in [0.1, 0.15) is 5.70 Å². The summed E-state index contributed by atoms with van der Waals surface area (Å²) in [6.45, 7) is 11.8. The fourth-order valence-electron chi connectivity index (χ4n) is 3.84. The smallest absolute Gasteiger partial charge is 0.277 e. The van der Waals surface area contributed by atoms with Gasteiger partial charge in [-0.15, -0.1) is 0 Å². The quantitative estimate of drug-likeness (QED) is 0.532. The van der Waals surface area contributed by atoms with Crippen molar-refractivity contribution in [3.63, 3.8) is 0 Å². The molecule has 6 heteroatoms. The number of carbonyl (C=O) groups is 2. The third-order valence-corrected chi connectivity index (χ3v) is 5.82. The molecule has 1 aliphatic heterocycles. The number of likely N-dealkylation sites (N-methyl/N-ethyl adjacent to an activating group) is 1. The van der Waals surface area contributed by atoms with Crippen molar-refractivity contribution in [2.24, 2.45) is 0 Å². The van der Waals surface area contributed by atoms with Crippen LogP contribution in [0.2, 0.25) is 0 Å². The summed E-state index contributed by atoms with van der Waals surface area (Å²) >= 11 is 0. The van der Waals surface area contributed by atoms with Gasteiger partial charge in [0.15, 0.2) is 0 Å². The largest absolute Gasteiger partial charge is 0.377 e. The second-order valence-corrected chi connectivity index (χ2v) is 8.39. The first-order valence-corrected chi connectivity index (χ1v) is 11.3. The van der Waals surface area contributed by atoms with Crippen molar-refractivity contribution in [3.05, 3.63) is 70.7 Å². The molecule has 2 amide bonds. The molecule has 0 fully saturated rings. The summed E-state index contributed by atoms with van der Waals surface area (Å²) in [6, 6.07) is 9.90. The van der Waals surface area contributed by atoms with E-state index in [1.165, 1.54) is 4.90 Å². The van der Waals surface area contributed by atoms with Crippen molar-refractivity contribution >= 4 is 17.4 Å². The monoisotopic (exact) mass is 435 g/mol. The lowest BCUT2D eigenvalue weighted by molar-refractivity contribution is -0.138. The van der Waals surface area contributed by atoms with Crippen LogP contribution < -0.4 is 0 Å². The molecule has 32 heavy (non-hydrogen) atoms. The third kappa shape index (κ3) is 5.25. The fourth-order valence-corrected chi connectivity index (χ4v) is 3.84. The van der Waals surface area contributed by atoms with Crippen LogP contribution in [0.3, 0.4) is 0 Å². The SMILES string of the molecule is CCN(CCc1ccncc1)C1=C(c2ccc(C)c(C)c2)C(=O)N(CCOC(C)C)C1=O. The van der Waals surface area contributed by atoms with Crippen molar-refractivity contribution in [3.8, 4) is 0 Å². The highest BCUT2D eigenvalue weighted by Crippen LogP contribution is 2.32. The van der Waals surface area contributed by atoms with E-state index in [4.69, 9.17) is 4.74 Å². The number of pyridine rings is 1. The number of ether oxygens (including phenoxy) is 1. The zero-order valence-electron chi connectivity index (χ0n) is 19.7. The summed E-state index contributed by atoms with van der Waals surface area (Å²) in [4.78, 5) is 34.4. The van der Waals surface area contributed by atoms with E-state index in [-0.39, 0.29) is 24.5 Å². The van der Waals surface area contributed by atoms with Crippen LogP contribution in [0.25, 0.3) is 5.57 Å². The predicted octanol–water partition coefficient (Wildman–Crippen LogP) is 3.77. The number of benzene rings is 1. The molecular weight excluding hydrogens is 402 g/mol. The molecule has 0 aliphatic carbocycles. The first-order valence-electron chi connectivity index (χ1n) is 11.3. The first kappa shape index (κ1) is 23.7. The summed E-state index contributed by atoms with van der Waals surface area (Å²) in [5.41, 5.74) is 5.15. The zero-order valence-corrected chi connectivity index (χ0v) is 19.7. The highest BCUT2D eigenvalue weighted by atomic mass is 16.5. The predicted molar refractivity (Wildman–Crippen MR) is 126 cm³/mol. The molecule has 0 saturated heterocycles. The number of hydrogen-bond donors (Lipinski definition) is 0. The molecule has 3 rings (SSSR count). The van der Waals surface area contributed by atoms with Crippen LogP contribution in [0.5, 0.6) is 0 Å². The number of aryl methyl sites for hydroxylation is 2. The second kappa shape index (κ2) is 10.6. The highest BCUT2D eigenvalue weighted by molar-refractivity contribution is 6.35. The molecule has 2 heterocycles. The van der Waals surface area contributed by atoms with Crippen molar-refractivity contribution in [2.45, 2.75) is 47.1 Å². The number of aromatic nitrogens is 1. The van der Waals surface area contributed by atoms with E-state index in [9.17, 15) is 9.59 Å². The average molecular weight is 436 g/mol. The van der Waals surface area contributed by atoms with Crippen LogP contribution in [0.4, 0.5) is 0 Å². The number of hydrogen-bond acceptors (Lipinski definition) is 5. The Bertz CT molecular complexity index is 999. The normalized spacial score (nSPS) is 14.1. The molecule has 0 saturated carbocycles. The summed E-state index contributed by atoms with van der Waals surface area (Å²) in [5.74, 6) is -0.491. The lowest BCUT2D eigenvalue weighted by atomic mass is 9.99. The number of nitrogens with zero attached hydrogens (tertiary/aromatic N) is 3. The Morgan fingerprint density at radius 3 is 2.38 bits per heavy atom. The first-order chi connectivity index (χ1) is 15.3. The molecule has 0 unspecified atom stereocenters. The summed E-state index contributed by atoms with van der Waals surface area (Å²) < 4.78 is 5.62. The highest BCUT2D eigenvalue weighted by Gasteiger charge is 2.41. The van der Waals surface area contributed by atoms with E-state index in [2.05, 4.69) is 4.98 Å². The van der Waals surface area contributed by atoms with Crippen LogP contribution in [-0.4, -0.2) is 58.9 Å². The van der Waals surface area contributed by atoms with Crippen LogP contribution in [0, 0.1) is 13.8 Å². The Kier molecular flexibility index (Phi) is 7.80. The fraction of sp³-hybridized carbons (Fsp3) is 0.423. The van der Waals surface area contributed by atoms with Crippen molar-refractivity contribution in [1.29, 1.82) is 0 Å². The molecule has 170 valence electrons. The van der Waals surface area contributed by atoms with Gasteiger partial charge in [-0.2, -0.15) is 0 Å². The van der Waals surface area contributed by atoms with Crippen LogP contribution in [0.15, 0.2) is 48.4 Å². The Balaban J connectivity index is 1.96. The van der Waals surface area contributed by atoms with Gasteiger partial charge in [-0.1, -0.05) is 18.2 Å². The third-order valence-electron chi connectivity index (χ3n) is 5.82. The maximum atomic E-state index is 13.5. The standard InChI is InChI=1S/C26H33N3O3/c1-6-28(14-11-21-9-12-27-13-10-21)24-23(22-8-7-19(4)20(5)17-22)25(30)29(26(24)31)15-16-32-18(2)3/h7-10,12-13,17-18H,6,11,14-16H2,1-5H3. The van der Waals surface area contributed by atoms with Crippen LogP contribution in [0.1, 0.15) is 43.0 Å². The lowest BCUT2D eigenvalue weighted by Crippen LogP contribution is -2.38. The van der Waals surface area contributed by atoms with Gasteiger partial charge < -0.3 is 9.64 Å². The van der Waals surface area contributed by atoms with Gasteiger partial charge in [0, 0.05) is 25.5 Å². The molecular formula is C26H33N3O3. The van der Waals surface area contributed by atoms with Gasteiger partial charge in [-0.05, 0) is 75.4 Å². The molecule has 0 bridgehead atoms. The Morgan fingerprint density at radius 1 is 1.03 bits per heavy atom. The maximum Gasteiger partial charge on any atom is 0.277 e. The van der Waals surface area contributed by atoms with Crippen molar-refractivity contribution in [2.75, 3.05) is 26.2 Å². The minimum absolute atomic E-state index is 0.0435. The van der Waals surface area contributed by atoms with Gasteiger partial charge in [0.05, 0.1) is 24.8 Å². The Hall–Kier alpha value is -2.99. The summed E-state index contributed by atoms with van der Waals surface area (Å²) in [5, 5.41) is 0. The van der Waals surface area contributed by atoms with Crippen LogP contribution in [-0.2, 0) is 20.7 Å². The zero-order chi connectivity index (χ0) is 23.3. The van der Waals surface area contributed by atoms with Gasteiger partial charge in [-0.25, -0.2) is 0 Å². The topological polar surface area (TPSA) is 62.7 Å². The van der Waals surface area contributed by atoms with E-state index >= 15 is 0 Å². The van der Waals surface area contributed by atoms with Gasteiger partial charge >= 0.3 is 0 Å². The van der Waals surface area contributed by atoms with Crippen molar-refractivity contribution < 1.29 is 14.3 Å². The number of rotatable bonds is 10. The summed E-state index contributed by atoms with van der Waals surface area (Å²) in [6.07, 6.45) is 4.35. The molecule has 1 aromatic heterocycles. The van der Waals surface area contributed by atoms with Gasteiger partial charge in [0.2, 0.25) is 0 Å². The van der Waals surface area contributed by atoms with E-state index in [0.717, 1.165) is 28.7 Å². The van der Waals surface area contributed by atoms with Crippen LogP contribution >= 0.6 is 0 Å². The number of amides is 2. The van der Waals surface area contributed by atoms with E-state index < -0.39 is 0 Å². The average Bonchev–Trinajstić information content (AvgIpc) is 3.01. The maximum absolute atomic E-state index is 13.5. The molecule has 0 N–H and O–H groups in total. The number of carbonyl (C=O) groups excluding carboxylic acids is 2. The molecule has 0 spiro atoms. The second-order valence-electron chi connectivity index (χ2n) is 8.39. The molecule has 6 nitrogen and oxygen atoms in total. The van der Waals surface area contributed by atoms with E-state index in [0.29, 0.717) is 31.0 Å². The molecule has 1 aliphatic rings. The Morgan fingerprint density at radius 2 is 1.75 bits per heavy atom. The summed E-state index contributed by atoms with van der Waals surface area (Å²) in [7, 11) is 0. The Labute approximate surface area is 190 Å². The molecule has 0 radical (unpaired) electrons. The van der Waals surface area contributed by atoms with Gasteiger partial charge in [0.25, 0.3) is 11.8 Å². The van der Waals surface area contributed by atoms with E-state index in [1.807, 2.05) is 69.9 Å². The molecule has 0 atom stereocenters. The van der Waals surface area contributed by atoms with E-state index in [1.54, 1.807) is 12.4 Å². The lowest BCUT2D eigenvalue weighted by Gasteiger charge is -2.25. The minimum Gasteiger partial charge on any atom is -0.377 e.